The molecule has 1 rings (SSSR count). The summed E-state index contributed by atoms with van der Waals surface area (Å²) in [5.41, 5.74) is -1.27. The van der Waals surface area contributed by atoms with Gasteiger partial charge in [0.1, 0.15) is 5.56 Å². The molecule has 0 fully saturated rings. The Morgan fingerprint density at radius 2 is 1.84 bits per heavy atom. The van der Waals surface area contributed by atoms with E-state index in [4.69, 9.17) is 17.3 Å². The fourth-order valence-corrected chi connectivity index (χ4v) is 1.83. The number of amides is 1. The lowest BCUT2D eigenvalue weighted by molar-refractivity contribution is -0.249. The average Bonchev–Trinajstić information content (AvgIpc) is 2.44. The molecule has 0 unspecified atom stereocenters. The number of carbonyl (C=O) groups excluding carboxylic acids is 1. The van der Waals surface area contributed by atoms with Gasteiger partial charge >= 0.3 is 12.4 Å². The summed E-state index contributed by atoms with van der Waals surface area (Å²) in [5.74, 6) is -2.46. The van der Waals surface area contributed by atoms with Crippen LogP contribution in [0, 0.1) is 0 Å². The number of methoxy groups -OCH3 is 1. The van der Waals surface area contributed by atoms with Crippen molar-refractivity contribution in [1.29, 1.82) is 0 Å². The van der Waals surface area contributed by atoms with Crippen molar-refractivity contribution in [3.8, 4) is 5.88 Å². The highest BCUT2D eigenvalue weighted by Crippen LogP contribution is 2.43. The van der Waals surface area contributed by atoms with Crippen molar-refractivity contribution in [3.63, 3.8) is 0 Å². The van der Waals surface area contributed by atoms with E-state index in [0.29, 0.717) is 6.92 Å². The van der Waals surface area contributed by atoms with Gasteiger partial charge in [0, 0.05) is 0 Å². The van der Waals surface area contributed by atoms with Crippen LogP contribution in [0.5, 0.6) is 5.88 Å². The summed E-state index contributed by atoms with van der Waals surface area (Å²) < 4.78 is 80.8. The highest BCUT2D eigenvalue weighted by molar-refractivity contribution is 6.34. The van der Waals surface area contributed by atoms with Crippen molar-refractivity contribution in [2.24, 2.45) is 0 Å². The summed E-state index contributed by atoms with van der Waals surface area (Å²) in [6, 6.07) is 0. The number of nitrogens with zero attached hydrogens (tertiary/aromatic N) is 1. The van der Waals surface area contributed by atoms with E-state index in [1.807, 2.05) is 0 Å². The Hall–Kier alpha value is -1.95. The van der Waals surface area contributed by atoms with Gasteiger partial charge < -0.3 is 20.9 Å². The van der Waals surface area contributed by atoms with Crippen LogP contribution in [0.25, 0.3) is 0 Å². The zero-order valence-corrected chi connectivity index (χ0v) is 13.4. The third-order valence-corrected chi connectivity index (χ3v) is 3.43. The second kappa shape index (κ2) is 6.75. The SMILES string of the molecule is COc1nc(C(=O)NC[C@](C)(O)C(F)(F)F)c(N)c(Cl)c1C(F)(F)F. The van der Waals surface area contributed by atoms with Crippen LogP contribution in [0.15, 0.2) is 0 Å². The normalized spacial score (nSPS) is 14.8. The molecule has 0 spiro atoms. The molecule has 1 aromatic heterocycles. The van der Waals surface area contributed by atoms with Gasteiger partial charge in [0.25, 0.3) is 5.91 Å². The number of nitrogens with one attached hydrogen (secondary N) is 1. The first kappa shape index (κ1) is 21.1. The lowest BCUT2D eigenvalue weighted by Crippen LogP contribution is -2.51. The van der Waals surface area contributed by atoms with Crippen molar-refractivity contribution in [2.75, 3.05) is 19.4 Å². The molecule has 13 heteroatoms. The molecule has 0 aliphatic carbocycles. The second-order valence-electron chi connectivity index (χ2n) is 5.02. The van der Waals surface area contributed by atoms with Crippen LogP contribution in [0.4, 0.5) is 32.0 Å². The van der Waals surface area contributed by atoms with E-state index in [9.17, 15) is 36.2 Å². The summed E-state index contributed by atoms with van der Waals surface area (Å²) in [5, 5.41) is 9.82. The lowest BCUT2D eigenvalue weighted by Gasteiger charge is -2.26. The summed E-state index contributed by atoms with van der Waals surface area (Å²) in [7, 11) is 0.820. The smallest absolute Gasteiger partial charge is 0.423 e. The number of pyridine rings is 1. The van der Waals surface area contributed by atoms with Crippen LogP contribution in [0.1, 0.15) is 23.0 Å². The molecule has 1 atom stereocenters. The summed E-state index contributed by atoms with van der Waals surface area (Å²) in [6.07, 6.45) is -10.1. The van der Waals surface area contributed by atoms with Gasteiger partial charge in [-0.15, -0.1) is 0 Å². The Morgan fingerprint density at radius 3 is 2.24 bits per heavy atom. The zero-order chi connectivity index (χ0) is 19.8. The number of hydrogen-bond acceptors (Lipinski definition) is 5. The molecule has 142 valence electrons. The number of aliphatic hydroxyl groups is 1. The minimum Gasteiger partial charge on any atom is -0.481 e. The molecule has 4 N–H and O–H groups in total. The van der Waals surface area contributed by atoms with Gasteiger partial charge in [-0.25, -0.2) is 4.98 Å². The summed E-state index contributed by atoms with van der Waals surface area (Å²) in [6.45, 7) is -0.901. The fourth-order valence-electron chi connectivity index (χ4n) is 1.55. The van der Waals surface area contributed by atoms with Gasteiger partial charge in [0.2, 0.25) is 5.88 Å². The molecule has 1 heterocycles. The molecule has 0 aliphatic rings. The van der Waals surface area contributed by atoms with Gasteiger partial charge in [-0.05, 0) is 6.92 Å². The highest BCUT2D eigenvalue weighted by Gasteiger charge is 2.50. The van der Waals surface area contributed by atoms with E-state index >= 15 is 0 Å². The third-order valence-electron chi connectivity index (χ3n) is 3.03. The Morgan fingerprint density at radius 1 is 1.32 bits per heavy atom. The van der Waals surface area contributed by atoms with Crippen LogP contribution in [-0.2, 0) is 6.18 Å². The Kier molecular flexibility index (Phi) is 5.69. The summed E-state index contributed by atoms with van der Waals surface area (Å²) >= 11 is 5.50. The summed E-state index contributed by atoms with van der Waals surface area (Å²) in [4.78, 5) is 15.1. The number of halogens is 7. The van der Waals surface area contributed by atoms with E-state index in [2.05, 4.69) is 9.72 Å². The molecular formula is C12H12ClF6N3O3. The van der Waals surface area contributed by atoms with Crippen LogP contribution in [0.2, 0.25) is 5.02 Å². The van der Waals surface area contributed by atoms with Crippen molar-refractivity contribution in [3.05, 3.63) is 16.3 Å². The Bertz CT molecular complexity index is 676. The number of nitrogens with two attached hydrogens (primary N) is 1. The number of hydrogen-bond donors (Lipinski definition) is 3. The van der Waals surface area contributed by atoms with E-state index in [1.54, 1.807) is 5.32 Å². The van der Waals surface area contributed by atoms with E-state index in [0.717, 1.165) is 7.11 Å². The van der Waals surface area contributed by atoms with Gasteiger partial charge in [-0.1, -0.05) is 11.6 Å². The molecule has 25 heavy (non-hydrogen) atoms. The predicted octanol–water partition coefficient (Wildman–Crippen LogP) is 2.39. The first-order valence-corrected chi connectivity index (χ1v) is 6.68. The predicted molar refractivity (Wildman–Crippen MR) is 74.2 cm³/mol. The van der Waals surface area contributed by atoms with E-state index < -0.39 is 58.3 Å². The largest absolute Gasteiger partial charge is 0.481 e. The topological polar surface area (TPSA) is 97.5 Å². The Balaban J connectivity index is 3.23. The van der Waals surface area contributed by atoms with E-state index in [1.165, 1.54) is 0 Å². The van der Waals surface area contributed by atoms with Gasteiger partial charge in [-0.2, -0.15) is 26.3 Å². The highest BCUT2D eigenvalue weighted by atomic mass is 35.5. The number of aromatic nitrogens is 1. The second-order valence-corrected chi connectivity index (χ2v) is 5.40. The quantitative estimate of drug-likeness (QED) is 0.680. The first-order chi connectivity index (χ1) is 11.1. The molecule has 0 radical (unpaired) electrons. The van der Waals surface area contributed by atoms with Crippen LogP contribution < -0.4 is 15.8 Å². The molecule has 0 saturated carbocycles. The minimum absolute atomic E-state index is 0.393. The number of nitrogen functional groups attached to an aromatic ring is 1. The van der Waals surface area contributed by atoms with E-state index in [-0.39, 0.29) is 0 Å². The molecule has 1 amide bonds. The molecule has 0 aliphatic heterocycles. The van der Waals surface area contributed by atoms with Gasteiger partial charge in [-0.3, -0.25) is 4.79 Å². The maximum Gasteiger partial charge on any atom is 0.423 e. The first-order valence-electron chi connectivity index (χ1n) is 6.31. The maximum atomic E-state index is 12.9. The fraction of sp³-hybridized carbons (Fsp3) is 0.500. The molecule has 0 aromatic carbocycles. The van der Waals surface area contributed by atoms with Crippen molar-refractivity contribution < 1.29 is 41.0 Å². The number of alkyl halides is 6. The van der Waals surface area contributed by atoms with Crippen LogP contribution in [0.3, 0.4) is 0 Å². The molecule has 0 saturated heterocycles. The van der Waals surface area contributed by atoms with Crippen LogP contribution in [-0.4, -0.2) is 41.4 Å². The zero-order valence-electron chi connectivity index (χ0n) is 12.6. The molecular weight excluding hydrogens is 384 g/mol. The number of carbonyl (C=O) groups is 1. The lowest BCUT2D eigenvalue weighted by atomic mass is 10.1. The number of rotatable bonds is 4. The van der Waals surface area contributed by atoms with Crippen molar-refractivity contribution >= 4 is 23.2 Å². The third kappa shape index (κ3) is 4.37. The monoisotopic (exact) mass is 395 g/mol. The molecule has 1 aromatic rings. The molecule has 0 bridgehead atoms. The number of ether oxygens (including phenoxy) is 1. The van der Waals surface area contributed by atoms with Crippen molar-refractivity contribution in [1.82, 2.24) is 10.3 Å². The van der Waals surface area contributed by atoms with Gasteiger partial charge in [0.05, 0.1) is 24.4 Å². The van der Waals surface area contributed by atoms with Crippen molar-refractivity contribution in [2.45, 2.75) is 24.9 Å². The maximum absolute atomic E-state index is 12.9. The average molecular weight is 396 g/mol. The molecule has 6 nitrogen and oxygen atoms in total. The van der Waals surface area contributed by atoms with Crippen LogP contribution >= 0.6 is 11.6 Å². The number of anilines is 1. The minimum atomic E-state index is -5.06. The standard InChI is InChI=1S/C12H12ClF6N3O3/c1-10(24,12(17,18)19)3-21-8(23)7-6(20)5(13)4(11(14,15)16)9(22-7)25-2/h24H,3,20H2,1-2H3,(H,21,23)/t10-/m0/s1. The van der Waals surface area contributed by atoms with Gasteiger partial charge in [0.15, 0.2) is 11.3 Å². The Labute approximate surface area is 141 Å².